The van der Waals surface area contributed by atoms with Gasteiger partial charge in [-0.25, -0.2) is 9.37 Å². The van der Waals surface area contributed by atoms with Gasteiger partial charge in [0.15, 0.2) is 16.6 Å². The highest BCUT2D eigenvalue weighted by atomic mass is 32.1. The van der Waals surface area contributed by atoms with Gasteiger partial charge in [-0.15, -0.1) is 0 Å². The summed E-state index contributed by atoms with van der Waals surface area (Å²) in [5, 5.41) is 0.862. The topological polar surface area (TPSA) is 110 Å². The zero-order valence-electron chi connectivity index (χ0n) is 20.5. The summed E-state index contributed by atoms with van der Waals surface area (Å²) in [6.45, 7) is 5.57. The van der Waals surface area contributed by atoms with Crippen LogP contribution in [0.3, 0.4) is 0 Å². The van der Waals surface area contributed by atoms with E-state index in [4.69, 9.17) is 25.2 Å². The molecule has 0 aromatic carbocycles. The third-order valence-electron chi connectivity index (χ3n) is 6.80. The number of carbonyl (C=O) groups excluding carboxylic acids is 1. The molecule has 0 saturated carbocycles. The number of morpholine rings is 1. The van der Waals surface area contributed by atoms with E-state index in [0.717, 1.165) is 34.2 Å². The Morgan fingerprint density at radius 3 is 2.78 bits per heavy atom. The van der Waals surface area contributed by atoms with Crippen LogP contribution in [0.5, 0.6) is 0 Å². The Morgan fingerprint density at radius 1 is 1.19 bits per heavy atom. The Balaban J connectivity index is 1.50. The number of thiazole rings is 1. The second-order valence-electron chi connectivity index (χ2n) is 9.39. The van der Waals surface area contributed by atoms with Gasteiger partial charge in [0.25, 0.3) is 5.91 Å². The van der Waals surface area contributed by atoms with Crippen molar-refractivity contribution in [1.29, 1.82) is 0 Å². The zero-order chi connectivity index (χ0) is 25.5. The number of pyridine rings is 2. The number of aryl methyl sites for hydroxylation is 1. The van der Waals surface area contributed by atoms with E-state index in [-0.39, 0.29) is 12.2 Å². The molecule has 2 fully saturated rings. The number of rotatable bonds is 5. The minimum absolute atomic E-state index is 0.202. The van der Waals surface area contributed by atoms with Gasteiger partial charge in [0.1, 0.15) is 18.1 Å². The summed E-state index contributed by atoms with van der Waals surface area (Å²) in [4.78, 5) is 32.5. The van der Waals surface area contributed by atoms with Crippen molar-refractivity contribution in [2.24, 2.45) is 5.73 Å². The van der Waals surface area contributed by atoms with E-state index in [0.29, 0.717) is 49.8 Å². The van der Waals surface area contributed by atoms with Crippen LogP contribution in [-0.2, 0) is 14.3 Å². The lowest BCUT2D eigenvalue weighted by molar-refractivity contribution is -0.114. The van der Waals surface area contributed by atoms with Crippen LogP contribution in [0.4, 0.5) is 21.0 Å². The molecule has 2 N–H and O–H groups in total. The quantitative estimate of drug-likeness (QED) is 0.537. The SMILES string of the molecule is Cc1cc([C@@H]2OC=C(C(N)=O)N2c2cc3sc(N4CCOCC4)nc3nc2N2CCCC(F)C2)ccn1. The smallest absolute Gasteiger partial charge is 0.268 e. The Kier molecular flexibility index (Phi) is 6.29. The molecule has 12 heteroatoms. The zero-order valence-corrected chi connectivity index (χ0v) is 21.3. The molecule has 3 aromatic heterocycles. The van der Waals surface area contributed by atoms with Crippen molar-refractivity contribution >= 4 is 44.2 Å². The molecule has 37 heavy (non-hydrogen) atoms. The van der Waals surface area contributed by atoms with Crippen LogP contribution in [0.15, 0.2) is 36.4 Å². The van der Waals surface area contributed by atoms with Crippen LogP contribution in [0.1, 0.15) is 30.3 Å². The number of alkyl halides is 1. The number of carbonyl (C=O) groups is 1. The molecule has 1 amide bonds. The van der Waals surface area contributed by atoms with Gasteiger partial charge in [0, 0.05) is 37.1 Å². The fourth-order valence-electron chi connectivity index (χ4n) is 5.01. The van der Waals surface area contributed by atoms with E-state index in [2.05, 4.69) is 9.88 Å². The van der Waals surface area contributed by atoms with E-state index in [1.54, 1.807) is 11.1 Å². The second-order valence-corrected chi connectivity index (χ2v) is 10.4. The number of primary amides is 1. The van der Waals surface area contributed by atoms with Crippen molar-refractivity contribution in [3.05, 3.63) is 47.6 Å². The highest BCUT2D eigenvalue weighted by Crippen LogP contribution is 2.44. The standard InChI is InChI=1S/C25H28FN7O3S/c1-15-11-16(4-5-28-15)24-33(19(14-36-24)21(27)34)18-12-20-22(29-23(18)32-6-2-3-17(26)13-32)30-25(37-20)31-7-9-35-10-8-31/h4-5,11-12,14,17,24H,2-3,6-10,13H2,1H3,(H2,27,34)/t17?,24-/m0/s1. The molecule has 3 aliphatic heterocycles. The molecule has 1 unspecified atom stereocenters. The Hall–Kier alpha value is -3.51. The summed E-state index contributed by atoms with van der Waals surface area (Å²) in [5.74, 6) is -0.0678. The van der Waals surface area contributed by atoms with Gasteiger partial charge in [-0.3, -0.25) is 14.7 Å². The molecule has 6 heterocycles. The maximum absolute atomic E-state index is 14.5. The molecule has 2 atom stereocenters. The molecule has 0 bridgehead atoms. The Morgan fingerprint density at radius 2 is 2.03 bits per heavy atom. The van der Waals surface area contributed by atoms with Gasteiger partial charge in [-0.2, -0.15) is 4.98 Å². The van der Waals surface area contributed by atoms with Crippen LogP contribution in [0.25, 0.3) is 10.3 Å². The summed E-state index contributed by atoms with van der Waals surface area (Å²) >= 11 is 1.53. The third-order valence-corrected chi connectivity index (χ3v) is 7.85. The van der Waals surface area contributed by atoms with Gasteiger partial charge in [-0.05, 0) is 38.0 Å². The summed E-state index contributed by atoms with van der Waals surface area (Å²) in [7, 11) is 0. The monoisotopic (exact) mass is 525 g/mol. The Labute approximate surface area is 217 Å². The molecular weight excluding hydrogens is 497 g/mol. The van der Waals surface area contributed by atoms with Gasteiger partial charge in [-0.1, -0.05) is 11.3 Å². The molecule has 6 rings (SSSR count). The minimum Gasteiger partial charge on any atom is -0.471 e. The van der Waals surface area contributed by atoms with Crippen molar-refractivity contribution in [2.75, 3.05) is 54.1 Å². The van der Waals surface area contributed by atoms with Crippen LogP contribution in [0, 0.1) is 6.92 Å². The summed E-state index contributed by atoms with van der Waals surface area (Å²) in [5.41, 5.74) is 8.84. The summed E-state index contributed by atoms with van der Waals surface area (Å²) in [6, 6.07) is 5.71. The fraction of sp³-hybridized carbons (Fsp3) is 0.440. The van der Waals surface area contributed by atoms with Gasteiger partial charge in [0.05, 0.1) is 30.1 Å². The summed E-state index contributed by atoms with van der Waals surface area (Å²) < 4.78 is 26.9. The number of hydrogen-bond acceptors (Lipinski definition) is 10. The number of amides is 1. The average Bonchev–Trinajstić information content (AvgIpc) is 3.53. The lowest BCUT2D eigenvalue weighted by Crippen LogP contribution is -2.39. The fourth-order valence-corrected chi connectivity index (χ4v) is 6.00. The first kappa shape index (κ1) is 23.9. The van der Waals surface area contributed by atoms with Gasteiger partial charge < -0.3 is 25.0 Å². The molecule has 0 aliphatic carbocycles. The van der Waals surface area contributed by atoms with Crippen LogP contribution in [0.2, 0.25) is 0 Å². The van der Waals surface area contributed by atoms with Crippen LogP contribution >= 0.6 is 11.3 Å². The van der Waals surface area contributed by atoms with E-state index >= 15 is 0 Å². The molecule has 0 radical (unpaired) electrons. The number of halogens is 1. The van der Waals surface area contributed by atoms with Crippen molar-refractivity contribution in [2.45, 2.75) is 32.2 Å². The highest BCUT2D eigenvalue weighted by Gasteiger charge is 2.37. The number of aromatic nitrogens is 3. The van der Waals surface area contributed by atoms with E-state index in [9.17, 15) is 9.18 Å². The predicted octanol–water partition coefficient (Wildman–Crippen LogP) is 3.03. The molecule has 194 valence electrons. The molecule has 3 aliphatic rings. The average molecular weight is 526 g/mol. The molecule has 10 nitrogen and oxygen atoms in total. The normalized spacial score (nSPS) is 22.3. The first-order valence-electron chi connectivity index (χ1n) is 12.4. The number of fused-ring (bicyclic) bond motifs is 1. The first-order valence-corrected chi connectivity index (χ1v) is 13.2. The third kappa shape index (κ3) is 4.55. The number of anilines is 3. The van der Waals surface area contributed by atoms with Gasteiger partial charge >= 0.3 is 0 Å². The molecular formula is C25H28FN7O3S. The van der Waals surface area contributed by atoms with E-state index in [1.807, 2.05) is 30.0 Å². The Bertz CT molecular complexity index is 1360. The first-order chi connectivity index (χ1) is 18.0. The van der Waals surface area contributed by atoms with Crippen molar-refractivity contribution < 1.29 is 18.7 Å². The number of nitrogens with two attached hydrogens (primary N) is 1. The number of piperidine rings is 1. The highest BCUT2D eigenvalue weighted by molar-refractivity contribution is 7.22. The summed E-state index contributed by atoms with van der Waals surface area (Å²) in [6.07, 6.45) is 2.70. The van der Waals surface area contributed by atoms with Gasteiger partial charge in [0.2, 0.25) is 6.23 Å². The maximum atomic E-state index is 14.5. The number of ether oxygens (including phenoxy) is 2. The molecule has 2 saturated heterocycles. The van der Waals surface area contributed by atoms with Crippen LogP contribution < -0.4 is 20.4 Å². The van der Waals surface area contributed by atoms with E-state index in [1.165, 1.54) is 17.6 Å². The predicted molar refractivity (Wildman–Crippen MR) is 139 cm³/mol. The van der Waals surface area contributed by atoms with E-state index < -0.39 is 18.3 Å². The molecule has 0 spiro atoms. The van der Waals surface area contributed by atoms with Crippen molar-refractivity contribution in [3.8, 4) is 0 Å². The lowest BCUT2D eigenvalue weighted by Gasteiger charge is -2.35. The molecule has 3 aromatic rings. The minimum atomic E-state index is -0.960. The number of nitrogens with zero attached hydrogens (tertiary/aromatic N) is 6. The largest absolute Gasteiger partial charge is 0.471 e. The van der Waals surface area contributed by atoms with Crippen molar-refractivity contribution in [1.82, 2.24) is 15.0 Å². The lowest BCUT2D eigenvalue weighted by atomic mass is 10.1. The maximum Gasteiger partial charge on any atom is 0.268 e. The second kappa shape index (κ2) is 9.75. The number of hydrogen-bond donors (Lipinski definition) is 1. The van der Waals surface area contributed by atoms with Crippen LogP contribution in [-0.4, -0.2) is 66.4 Å². The van der Waals surface area contributed by atoms with Crippen molar-refractivity contribution in [3.63, 3.8) is 0 Å².